The number of hydrogen-bond acceptors (Lipinski definition) is 3. The SMILES string of the molecule is CC(CCNC(c1ccccc1)c1ccco1)S(C)=O. The first-order chi connectivity index (χ1) is 9.68. The van der Waals surface area contributed by atoms with E-state index in [1.54, 1.807) is 12.5 Å². The maximum absolute atomic E-state index is 11.4. The van der Waals surface area contributed by atoms with Gasteiger partial charge in [-0.25, -0.2) is 0 Å². The molecule has 3 atom stereocenters. The molecule has 20 heavy (non-hydrogen) atoms. The van der Waals surface area contributed by atoms with Crippen molar-refractivity contribution < 1.29 is 8.63 Å². The highest BCUT2D eigenvalue weighted by Gasteiger charge is 2.16. The van der Waals surface area contributed by atoms with E-state index in [0.717, 1.165) is 18.7 Å². The van der Waals surface area contributed by atoms with Gasteiger partial charge in [0.2, 0.25) is 0 Å². The highest BCUT2D eigenvalue weighted by atomic mass is 32.2. The Balaban J connectivity index is 2.03. The number of rotatable bonds is 7. The molecule has 2 aromatic rings. The molecule has 1 N–H and O–H groups in total. The lowest BCUT2D eigenvalue weighted by Gasteiger charge is -2.18. The van der Waals surface area contributed by atoms with Crippen LogP contribution in [0.15, 0.2) is 53.1 Å². The lowest BCUT2D eigenvalue weighted by Crippen LogP contribution is -2.26. The first-order valence-corrected chi connectivity index (χ1v) is 8.44. The van der Waals surface area contributed by atoms with Gasteiger partial charge in [0.05, 0.1) is 12.3 Å². The number of furan rings is 1. The molecule has 1 heterocycles. The average Bonchev–Trinajstić information content (AvgIpc) is 2.98. The largest absolute Gasteiger partial charge is 0.467 e. The Bertz CT molecular complexity index is 525. The van der Waals surface area contributed by atoms with E-state index in [-0.39, 0.29) is 11.3 Å². The van der Waals surface area contributed by atoms with Gasteiger partial charge in [-0.05, 0) is 30.7 Å². The summed E-state index contributed by atoms with van der Waals surface area (Å²) in [6, 6.07) is 14.1. The minimum atomic E-state index is -0.770. The summed E-state index contributed by atoms with van der Waals surface area (Å²) in [4.78, 5) is 0. The van der Waals surface area contributed by atoms with Crippen molar-refractivity contribution in [1.29, 1.82) is 0 Å². The van der Waals surface area contributed by atoms with Crippen molar-refractivity contribution in [2.75, 3.05) is 12.8 Å². The van der Waals surface area contributed by atoms with Crippen molar-refractivity contribution >= 4 is 10.8 Å². The Hall–Kier alpha value is -1.39. The molecule has 0 radical (unpaired) electrons. The fourth-order valence-electron chi connectivity index (χ4n) is 2.08. The molecular weight excluding hydrogens is 270 g/mol. The van der Waals surface area contributed by atoms with Crippen LogP contribution in [0.2, 0.25) is 0 Å². The van der Waals surface area contributed by atoms with Crippen LogP contribution in [0, 0.1) is 0 Å². The molecular formula is C16H21NO2S. The van der Waals surface area contributed by atoms with Gasteiger partial charge in [-0.2, -0.15) is 0 Å². The fraction of sp³-hybridized carbons (Fsp3) is 0.375. The molecule has 0 bridgehead atoms. The molecule has 1 aromatic carbocycles. The van der Waals surface area contributed by atoms with Crippen molar-refractivity contribution in [2.24, 2.45) is 0 Å². The molecule has 0 aliphatic carbocycles. The Morgan fingerprint density at radius 3 is 2.55 bits per heavy atom. The van der Waals surface area contributed by atoms with E-state index in [1.807, 2.05) is 37.3 Å². The summed E-state index contributed by atoms with van der Waals surface area (Å²) in [5.41, 5.74) is 1.17. The Labute approximate surface area is 122 Å². The maximum Gasteiger partial charge on any atom is 0.125 e. The van der Waals surface area contributed by atoms with Gasteiger partial charge in [0, 0.05) is 22.3 Å². The van der Waals surface area contributed by atoms with Crippen LogP contribution in [-0.4, -0.2) is 22.3 Å². The van der Waals surface area contributed by atoms with Crippen LogP contribution in [0.3, 0.4) is 0 Å². The van der Waals surface area contributed by atoms with Gasteiger partial charge < -0.3 is 9.73 Å². The summed E-state index contributed by atoms with van der Waals surface area (Å²) in [6.45, 7) is 2.82. The van der Waals surface area contributed by atoms with Crippen LogP contribution in [0.4, 0.5) is 0 Å². The van der Waals surface area contributed by atoms with E-state index in [2.05, 4.69) is 17.4 Å². The monoisotopic (exact) mass is 291 g/mol. The molecule has 2 rings (SSSR count). The van der Waals surface area contributed by atoms with E-state index in [4.69, 9.17) is 4.42 Å². The molecule has 108 valence electrons. The quantitative estimate of drug-likeness (QED) is 0.852. The summed E-state index contributed by atoms with van der Waals surface area (Å²) in [7, 11) is -0.770. The van der Waals surface area contributed by atoms with E-state index in [9.17, 15) is 4.21 Å². The zero-order valence-corrected chi connectivity index (χ0v) is 12.7. The average molecular weight is 291 g/mol. The molecule has 0 saturated carbocycles. The van der Waals surface area contributed by atoms with Crippen LogP contribution in [0.5, 0.6) is 0 Å². The van der Waals surface area contributed by atoms with Gasteiger partial charge in [0.1, 0.15) is 5.76 Å². The van der Waals surface area contributed by atoms with Crippen molar-refractivity contribution in [2.45, 2.75) is 24.6 Å². The zero-order valence-electron chi connectivity index (χ0n) is 11.9. The molecule has 0 aliphatic heterocycles. The second kappa shape index (κ2) is 7.41. The molecule has 0 saturated heterocycles. The first-order valence-electron chi connectivity index (χ1n) is 6.82. The Morgan fingerprint density at radius 1 is 1.20 bits per heavy atom. The summed E-state index contributed by atoms with van der Waals surface area (Å²) >= 11 is 0. The standard InChI is InChI=1S/C16H21NO2S/c1-13(20(2)18)10-11-17-16(15-9-6-12-19-15)14-7-4-3-5-8-14/h3-9,12-13,16-17H,10-11H2,1-2H3. The summed E-state index contributed by atoms with van der Waals surface area (Å²) in [5, 5.41) is 3.70. The molecule has 3 unspecified atom stereocenters. The molecule has 3 nitrogen and oxygen atoms in total. The van der Waals surface area contributed by atoms with Crippen LogP contribution < -0.4 is 5.32 Å². The maximum atomic E-state index is 11.4. The molecule has 0 amide bonds. The van der Waals surface area contributed by atoms with Crippen LogP contribution in [0.25, 0.3) is 0 Å². The second-order valence-corrected chi connectivity index (χ2v) is 6.71. The molecule has 0 aliphatic rings. The van der Waals surface area contributed by atoms with Crippen LogP contribution >= 0.6 is 0 Å². The number of nitrogens with one attached hydrogen (secondary N) is 1. The van der Waals surface area contributed by atoms with Crippen LogP contribution in [0.1, 0.15) is 30.7 Å². The third-order valence-electron chi connectivity index (χ3n) is 3.43. The van der Waals surface area contributed by atoms with Gasteiger partial charge in [0.25, 0.3) is 0 Å². The summed E-state index contributed by atoms with van der Waals surface area (Å²) in [6.07, 6.45) is 4.33. The van der Waals surface area contributed by atoms with E-state index in [1.165, 1.54) is 5.56 Å². The minimum absolute atomic E-state index is 0.0451. The molecule has 4 heteroatoms. The van der Waals surface area contributed by atoms with Crippen molar-refractivity contribution in [3.8, 4) is 0 Å². The van der Waals surface area contributed by atoms with Gasteiger partial charge >= 0.3 is 0 Å². The number of hydrogen-bond donors (Lipinski definition) is 1. The van der Waals surface area contributed by atoms with Gasteiger partial charge in [-0.3, -0.25) is 4.21 Å². The Kier molecular flexibility index (Phi) is 5.56. The second-order valence-electron chi connectivity index (χ2n) is 4.91. The third-order valence-corrected chi connectivity index (χ3v) is 4.80. The molecule has 0 spiro atoms. The fourth-order valence-corrected chi connectivity index (χ4v) is 2.53. The third kappa shape index (κ3) is 4.05. The lowest BCUT2D eigenvalue weighted by molar-refractivity contribution is 0.444. The Morgan fingerprint density at radius 2 is 1.95 bits per heavy atom. The zero-order chi connectivity index (χ0) is 14.4. The van der Waals surface area contributed by atoms with Crippen LogP contribution in [-0.2, 0) is 10.8 Å². The van der Waals surface area contributed by atoms with Crippen molar-refractivity contribution in [1.82, 2.24) is 5.32 Å². The smallest absolute Gasteiger partial charge is 0.125 e. The number of benzene rings is 1. The van der Waals surface area contributed by atoms with Crippen molar-refractivity contribution in [3.05, 3.63) is 60.1 Å². The highest BCUT2D eigenvalue weighted by Crippen LogP contribution is 2.22. The topological polar surface area (TPSA) is 42.2 Å². The summed E-state index contributed by atoms with van der Waals surface area (Å²) < 4.78 is 16.9. The molecule has 0 fully saturated rings. The van der Waals surface area contributed by atoms with Gasteiger partial charge in [0.15, 0.2) is 0 Å². The van der Waals surface area contributed by atoms with Gasteiger partial charge in [-0.1, -0.05) is 37.3 Å². The van der Waals surface area contributed by atoms with E-state index in [0.29, 0.717) is 0 Å². The normalized spacial score (nSPS) is 15.7. The van der Waals surface area contributed by atoms with E-state index < -0.39 is 10.8 Å². The predicted molar refractivity (Wildman–Crippen MR) is 83.1 cm³/mol. The molecule has 1 aromatic heterocycles. The van der Waals surface area contributed by atoms with Crippen molar-refractivity contribution in [3.63, 3.8) is 0 Å². The van der Waals surface area contributed by atoms with Gasteiger partial charge in [-0.15, -0.1) is 0 Å². The minimum Gasteiger partial charge on any atom is -0.467 e. The predicted octanol–water partition coefficient (Wildman–Crippen LogP) is 3.12. The first kappa shape index (κ1) is 15.0. The van der Waals surface area contributed by atoms with E-state index >= 15 is 0 Å². The summed E-state index contributed by atoms with van der Waals surface area (Å²) in [5.74, 6) is 0.904. The lowest BCUT2D eigenvalue weighted by atomic mass is 10.0. The highest BCUT2D eigenvalue weighted by molar-refractivity contribution is 7.84.